The molecule has 94 valence electrons. The second kappa shape index (κ2) is 4.57. The topological polar surface area (TPSA) is 46.3 Å². The highest BCUT2D eigenvalue weighted by atomic mass is 32.1. The van der Waals surface area contributed by atoms with E-state index in [0.717, 1.165) is 35.7 Å². The molecule has 0 radical (unpaired) electrons. The number of aromatic nitrogens is 1. The van der Waals surface area contributed by atoms with Gasteiger partial charge in [-0.3, -0.25) is 4.79 Å². The number of rotatable bonds is 2. The minimum atomic E-state index is 0.0424. The fraction of sp³-hybridized carbons (Fsp3) is 0.385. The highest BCUT2D eigenvalue weighted by Gasteiger charge is 2.33. The van der Waals surface area contributed by atoms with Crippen molar-refractivity contribution in [2.24, 2.45) is 0 Å². The fourth-order valence-electron chi connectivity index (χ4n) is 2.39. The summed E-state index contributed by atoms with van der Waals surface area (Å²) in [5.41, 5.74) is 0.862. The predicted molar refractivity (Wildman–Crippen MR) is 68.6 cm³/mol. The molecular formula is C13H14N2O2S. The van der Waals surface area contributed by atoms with E-state index in [0.29, 0.717) is 0 Å². The molecule has 0 unspecified atom stereocenters. The number of nitrogens with zero attached hydrogens (tertiary/aromatic N) is 2. The smallest absolute Gasteiger partial charge is 0.264 e. The molecule has 1 saturated heterocycles. The van der Waals surface area contributed by atoms with Crippen LogP contribution in [0.3, 0.4) is 0 Å². The molecule has 0 aromatic carbocycles. The highest BCUT2D eigenvalue weighted by molar-refractivity contribution is 7.12. The molecule has 1 atom stereocenters. The number of carbonyl (C=O) groups is 1. The van der Waals surface area contributed by atoms with Crippen molar-refractivity contribution in [1.82, 2.24) is 10.1 Å². The van der Waals surface area contributed by atoms with Gasteiger partial charge in [0.15, 0.2) is 5.76 Å². The van der Waals surface area contributed by atoms with Crippen molar-refractivity contribution in [1.29, 1.82) is 0 Å². The van der Waals surface area contributed by atoms with Crippen LogP contribution >= 0.6 is 11.3 Å². The van der Waals surface area contributed by atoms with E-state index < -0.39 is 0 Å². The monoisotopic (exact) mass is 262 g/mol. The minimum absolute atomic E-state index is 0.0424. The zero-order chi connectivity index (χ0) is 12.5. The van der Waals surface area contributed by atoms with E-state index in [-0.39, 0.29) is 11.9 Å². The SMILES string of the molecule is Cc1cc([C@H]2CCCN2C(=O)c2cccs2)on1. The van der Waals surface area contributed by atoms with Gasteiger partial charge in [-0.1, -0.05) is 11.2 Å². The van der Waals surface area contributed by atoms with E-state index in [1.165, 1.54) is 11.3 Å². The molecule has 2 aromatic rings. The van der Waals surface area contributed by atoms with Gasteiger partial charge >= 0.3 is 0 Å². The summed E-state index contributed by atoms with van der Waals surface area (Å²) >= 11 is 1.48. The Kier molecular flexibility index (Phi) is 2.91. The molecule has 0 aliphatic carbocycles. The fourth-order valence-corrected chi connectivity index (χ4v) is 3.07. The van der Waals surface area contributed by atoms with Gasteiger partial charge in [0, 0.05) is 12.6 Å². The molecule has 1 aliphatic rings. The van der Waals surface area contributed by atoms with Crippen molar-refractivity contribution in [3.63, 3.8) is 0 Å². The molecule has 1 aliphatic heterocycles. The number of thiophene rings is 1. The van der Waals surface area contributed by atoms with Crippen LogP contribution in [0.1, 0.15) is 40.0 Å². The van der Waals surface area contributed by atoms with E-state index in [4.69, 9.17) is 4.52 Å². The first-order valence-electron chi connectivity index (χ1n) is 6.03. The van der Waals surface area contributed by atoms with Crippen LogP contribution < -0.4 is 0 Å². The third-order valence-corrected chi connectivity index (χ3v) is 4.08. The highest BCUT2D eigenvalue weighted by Crippen LogP contribution is 2.33. The molecule has 5 heteroatoms. The number of hydrogen-bond donors (Lipinski definition) is 0. The molecule has 0 spiro atoms. The maximum absolute atomic E-state index is 12.4. The summed E-state index contributed by atoms with van der Waals surface area (Å²) in [6.45, 7) is 2.69. The molecule has 0 N–H and O–H groups in total. The lowest BCUT2D eigenvalue weighted by Crippen LogP contribution is -2.29. The number of amides is 1. The van der Waals surface area contributed by atoms with E-state index in [2.05, 4.69) is 5.16 Å². The number of likely N-dealkylation sites (tertiary alicyclic amines) is 1. The maximum atomic E-state index is 12.4. The van der Waals surface area contributed by atoms with E-state index in [1.54, 1.807) is 0 Å². The largest absolute Gasteiger partial charge is 0.359 e. The molecular weight excluding hydrogens is 248 g/mol. The average Bonchev–Trinajstić information content (AvgIpc) is 3.09. The van der Waals surface area contributed by atoms with Crippen LogP contribution in [0.25, 0.3) is 0 Å². The van der Waals surface area contributed by atoms with Crippen LogP contribution in [0, 0.1) is 6.92 Å². The van der Waals surface area contributed by atoms with E-state index in [9.17, 15) is 4.79 Å². The molecule has 18 heavy (non-hydrogen) atoms. The molecule has 3 heterocycles. The molecule has 4 nitrogen and oxygen atoms in total. The zero-order valence-electron chi connectivity index (χ0n) is 10.1. The summed E-state index contributed by atoms with van der Waals surface area (Å²) in [7, 11) is 0. The van der Waals surface area contributed by atoms with Gasteiger partial charge in [-0.25, -0.2) is 0 Å². The van der Waals surface area contributed by atoms with Gasteiger partial charge in [0.25, 0.3) is 5.91 Å². The average molecular weight is 262 g/mol. The Balaban J connectivity index is 1.85. The van der Waals surface area contributed by atoms with Crippen molar-refractivity contribution in [3.8, 4) is 0 Å². The lowest BCUT2D eigenvalue weighted by Gasteiger charge is -2.21. The van der Waals surface area contributed by atoms with E-state index in [1.807, 2.05) is 35.4 Å². The standard InChI is InChI=1S/C13H14N2O2S/c1-9-8-11(17-14-9)10-4-2-6-15(10)13(16)12-5-3-7-18-12/h3,5,7-8,10H,2,4,6H2,1H3/t10-/m1/s1. The number of aryl methyl sites for hydroxylation is 1. The Hall–Kier alpha value is -1.62. The molecule has 1 amide bonds. The molecule has 0 saturated carbocycles. The van der Waals surface area contributed by atoms with Crippen LogP contribution in [0.4, 0.5) is 0 Å². The lowest BCUT2D eigenvalue weighted by atomic mass is 10.1. The van der Waals surface area contributed by atoms with Crippen molar-refractivity contribution in [2.45, 2.75) is 25.8 Å². The van der Waals surface area contributed by atoms with Crippen LogP contribution in [-0.2, 0) is 0 Å². The zero-order valence-corrected chi connectivity index (χ0v) is 10.9. The Bertz CT molecular complexity index is 547. The molecule has 2 aromatic heterocycles. The first kappa shape index (κ1) is 11.5. The van der Waals surface area contributed by atoms with E-state index >= 15 is 0 Å². The summed E-state index contributed by atoms with van der Waals surface area (Å²) in [5, 5.41) is 5.83. The minimum Gasteiger partial charge on any atom is -0.359 e. The summed E-state index contributed by atoms with van der Waals surface area (Å²) < 4.78 is 5.31. The Morgan fingerprint density at radius 1 is 1.61 bits per heavy atom. The third-order valence-electron chi connectivity index (χ3n) is 3.22. The van der Waals surface area contributed by atoms with Crippen LogP contribution in [0.2, 0.25) is 0 Å². The second-order valence-electron chi connectivity index (χ2n) is 4.50. The van der Waals surface area contributed by atoms with Gasteiger partial charge in [0.1, 0.15) is 0 Å². The lowest BCUT2D eigenvalue weighted by molar-refractivity contribution is 0.0719. The van der Waals surface area contributed by atoms with Crippen LogP contribution in [-0.4, -0.2) is 22.5 Å². The van der Waals surface area contributed by atoms with Crippen molar-refractivity contribution >= 4 is 17.2 Å². The maximum Gasteiger partial charge on any atom is 0.264 e. The molecule has 0 bridgehead atoms. The first-order chi connectivity index (χ1) is 8.75. The Morgan fingerprint density at radius 3 is 3.17 bits per heavy atom. The summed E-state index contributed by atoms with van der Waals surface area (Å²) in [6, 6.07) is 5.74. The molecule has 1 fully saturated rings. The van der Waals surface area contributed by atoms with Gasteiger partial charge in [0.2, 0.25) is 0 Å². The van der Waals surface area contributed by atoms with Crippen LogP contribution in [0.5, 0.6) is 0 Å². The summed E-state index contributed by atoms with van der Waals surface area (Å²) in [5.74, 6) is 0.899. The predicted octanol–water partition coefficient (Wildman–Crippen LogP) is 3.02. The van der Waals surface area contributed by atoms with Crippen molar-refractivity contribution < 1.29 is 9.32 Å². The van der Waals surface area contributed by atoms with Gasteiger partial charge in [0.05, 0.1) is 16.6 Å². The first-order valence-corrected chi connectivity index (χ1v) is 6.91. The Labute approximate surface area is 109 Å². The van der Waals surface area contributed by atoms with Gasteiger partial charge in [-0.05, 0) is 31.2 Å². The molecule has 3 rings (SSSR count). The second-order valence-corrected chi connectivity index (χ2v) is 5.45. The van der Waals surface area contributed by atoms with Gasteiger partial charge < -0.3 is 9.42 Å². The summed E-state index contributed by atoms with van der Waals surface area (Å²) in [6.07, 6.45) is 1.97. The third kappa shape index (κ3) is 1.95. The number of carbonyl (C=O) groups excluding carboxylic acids is 1. The quantitative estimate of drug-likeness (QED) is 0.835. The Morgan fingerprint density at radius 2 is 2.50 bits per heavy atom. The summed E-state index contributed by atoms with van der Waals surface area (Å²) in [4.78, 5) is 15.1. The van der Waals surface area contributed by atoms with Gasteiger partial charge in [-0.2, -0.15) is 0 Å². The normalized spacial score (nSPS) is 19.4. The van der Waals surface area contributed by atoms with Crippen LogP contribution in [0.15, 0.2) is 28.1 Å². The van der Waals surface area contributed by atoms with Crippen molar-refractivity contribution in [3.05, 3.63) is 39.9 Å². The van der Waals surface area contributed by atoms with Crippen molar-refractivity contribution in [2.75, 3.05) is 6.54 Å². The number of hydrogen-bond acceptors (Lipinski definition) is 4. The van der Waals surface area contributed by atoms with Gasteiger partial charge in [-0.15, -0.1) is 11.3 Å².